The first kappa shape index (κ1) is 26.8. The molecule has 0 saturated heterocycles. The molecule has 8 nitrogen and oxygen atoms in total. The van der Waals surface area contributed by atoms with Crippen molar-refractivity contribution in [1.82, 2.24) is 15.2 Å². The zero-order chi connectivity index (χ0) is 28.7. The number of hydrogen-bond donors (Lipinski definition) is 2. The average Bonchev–Trinajstić information content (AvgIpc) is 3.44. The van der Waals surface area contributed by atoms with E-state index in [1.165, 1.54) is 0 Å². The van der Waals surface area contributed by atoms with Crippen molar-refractivity contribution < 1.29 is 23.9 Å². The molecular weight excluding hydrogens is 565 g/mol. The highest BCUT2D eigenvalue weighted by molar-refractivity contribution is 6.40. The number of carboxylic acid groups (broad SMARTS) is 1. The van der Waals surface area contributed by atoms with Crippen LogP contribution in [0.2, 0.25) is 10.0 Å². The molecule has 41 heavy (non-hydrogen) atoms. The summed E-state index contributed by atoms with van der Waals surface area (Å²) in [6.45, 7) is 0.652. The van der Waals surface area contributed by atoms with E-state index in [0.717, 1.165) is 27.4 Å². The lowest BCUT2D eigenvalue weighted by Gasteiger charge is -2.30. The number of hydrogen-bond acceptors (Lipinski definition) is 5. The van der Waals surface area contributed by atoms with Crippen LogP contribution in [0, 0.1) is 0 Å². The summed E-state index contributed by atoms with van der Waals surface area (Å²) in [5.74, 6) is -2.02. The number of pyridine rings is 1. The number of nitrogens with zero attached hydrogens (tertiary/aromatic N) is 2. The Morgan fingerprint density at radius 2 is 1.90 bits per heavy atom. The highest BCUT2D eigenvalue weighted by atomic mass is 35.5. The topological polar surface area (TPSA) is 113 Å². The molecule has 5 aromatic rings. The minimum absolute atomic E-state index is 0.0177. The molecule has 206 valence electrons. The second-order valence-electron chi connectivity index (χ2n) is 9.93. The van der Waals surface area contributed by atoms with Crippen molar-refractivity contribution in [3.05, 3.63) is 111 Å². The minimum Gasteiger partial charge on any atom is -0.480 e. The minimum atomic E-state index is -1.21. The SMILES string of the molecule is O=C(NC(Cc1ccc2ncccc2c1)C(=O)O)c1c(Cl)cc2c(c1Cl)CCN(C(=O)c1ccc3ccoc3c1)C2. The van der Waals surface area contributed by atoms with Gasteiger partial charge in [0.2, 0.25) is 0 Å². The monoisotopic (exact) mass is 587 g/mol. The molecular formula is C31H23Cl2N3O5. The number of halogens is 2. The number of aliphatic carboxylic acids is 1. The van der Waals surface area contributed by atoms with Crippen molar-refractivity contribution in [2.45, 2.75) is 25.4 Å². The molecule has 1 atom stereocenters. The van der Waals surface area contributed by atoms with Crippen molar-refractivity contribution in [2.75, 3.05) is 6.54 Å². The van der Waals surface area contributed by atoms with Crippen molar-refractivity contribution in [2.24, 2.45) is 0 Å². The van der Waals surface area contributed by atoms with Crippen LogP contribution in [-0.4, -0.2) is 45.4 Å². The highest BCUT2D eigenvalue weighted by Crippen LogP contribution is 2.35. The van der Waals surface area contributed by atoms with Crippen LogP contribution in [0.4, 0.5) is 0 Å². The molecule has 0 fully saturated rings. The Balaban J connectivity index is 1.20. The number of carbonyl (C=O) groups excluding carboxylic acids is 2. The molecule has 3 heterocycles. The molecule has 2 N–H and O–H groups in total. The molecule has 0 saturated carbocycles. The van der Waals surface area contributed by atoms with Crippen LogP contribution in [0.15, 0.2) is 77.5 Å². The number of rotatable bonds is 6. The fourth-order valence-corrected chi connectivity index (χ4v) is 5.99. The molecule has 3 aromatic carbocycles. The van der Waals surface area contributed by atoms with Crippen LogP contribution < -0.4 is 5.32 Å². The Hall–Kier alpha value is -4.40. The third kappa shape index (κ3) is 5.24. The molecule has 6 rings (SSSR count). The van der Waals surface area contributed by atoms with E-state index >= 15 is 0 Å². The van der Waals surface area contributed by atoms with Gasteiger partial charge in [-0.1, -0.05) is 41.4 Å². The number of amides is 2. The maximum absolute atomic E-state index is 13.3. The molecule has 1 aliphatic heterocycles. The summed E-state index contributed by atoms with van der Waals surface area (Å²) in [5, 5.41) is 14.5. The Morgan fingerprint density at radius 3 is 2.73 bits per heavy atom. The van der Waals surface area contributed by atoms with E-state index in [4.69, 9.17) is 27.6 Å². The van der Waals surface area contributed by atoms with E-state index in [2.05, 4.69) is 10.3 Å². The van der Waals surface area contributed by atoms with Crippen molar-refractivity contribution in [3.8, 4) is 0 Å². The summed E-state index contributed by atoms with van der Waals surface area (Å²) in [5.41, 5.74) is 4.12. The number of fused-ring (bicyclic) bond motifs is 3. The lowest BCUT2D eigenvalue weighted by Crippen LogP contribution is -2.42. The number of benzene rings is 3. The van der Waals surface area contributed by atoms with E-state index in [0.29, 0.717) is 29.7 Å². The molecule has 10 heteroatoms. The van der Waals surface area contributed by atoms with Gasteiger partial charge < -0.3 is 19.7 Å². The normalized spacial score (nSPS) is 13.7. The van der Waals surface area contributed by atoms with Gasteiger partial charge in [-0.2, -0.15) is 0 Å². The summed E-state index contributed by atoms with van der Waals surface area (Å²) in [4.78, 5) is 44.6. The van der Waals surface area contributed by atoms with Crippen LogP contribution in [0.25, 0.3) is 21.9 Å². The Bertz CT molecular complexity index is 1850. The summed E-state index contributed by atoms with van der Waals surface area (Å²) < 4.78 is 5.43. The van der Waals surface area contributed by atoms with Gasteiger partial charge in [-0.25, -0.2) is 4.79 Å². The van der Waals surface area contributed by atoms with Gasteiger partial charge in [0.25, 0.3) is 11.8 Å². The van der Waals surface area contributed by atoms with Gasteiger partial charge in [0, 0.05) is 42.0 Å². The smallest absolute Gasteiger partial charge is 0.326 e. The Morgan fingerprint density at radius 1 is 1.05 bits per heavy atom. The van der Waals surface area contributed by atoms with Gasteiger partial charge >= 0.3 is 5.97 Å². The third-order valence-electron chi connectivity index (χ3n) is 7.33. The first-order chi connectivity index (χ1) is 19.8. The molecule has 0 bridgehead atoms. The van der Waals surface area contributed by atoms with E-state index < -0.39 is 17.9 Å². The predicted octanol–water partition coefficient (Wildman–Crippen LogP) is 5.91. The molecule has 2 amide bonds. The highest BCUT2D eigenvalue weighted by Gasteiger charge is 2.30. The number of aromatic nitrogens is 1. The van der Waals surface area contributed by atoms with Crippen molar-refractivity contribution in [3.63, 3.8) is 0 Å². The third-order valence-corrected chi connectivity index (χ3v) is 8.05. The largest absolute Gasteiger partial charge is 0.480 e. The standard InChI is InChI=1S/C31H23Cl2N3O5/c32-23-14-21-16-36(30(38)20-5-4-18-8-11-41-26(18)15-20)10-7-22(21)28(33)27(23)29(37)35-25(31(39)40)13-17-3-6-24-19(12-17)2-1-9-34-24/h1-6,8-9,11-12,14-15,25H,7,10,13,16H2,(H,35,37)(H,39,40). The van der Waals surface area contributed by atoms with Crippen LogP contribution >= 0.6 is 23.2 Å². The van der Waals surface area contributed by atoms with Gasteiger partial charge in [-0.3, -0.25) is 14.6 Å². The predicted molar refractivity (Wildman–Crippen MR) is 155 cm³/mol. The summed E-state index contributed by atoms with van der Waals surface area (Å²) >= 11 is 13.2. The van der Waals surface area contributed by atoms with Crippen molar-refractivity contribution >= 4 is 62.9 Å². The van der Waals surface area contributed by atoms with Crippen LogP contribution in [0.5, 0.6) is 0 Å². The zero-order valence-corrected chi connectivity index (χ0v) is 23.1. The van der Waals surface area contributed by atoms with Crippen LogP contribution in [0.3, 0.4) is 0 Å². The number of furan rings is 1. The summed E-state index contributed by atoms with van der Waals surface area (Å²) in [7, 11) is 0. The first-order valence-electron chi connectivity index (χ1n) is 12.9. The quantitative estimate of drug-likeness (QED) is 0.255. The second-order valence-corrected chi connectivity index (χ2v) is 10.7. The van der Waals surface area contributed by atoms with Crippen LogP contribution in [0.1, 0.15) is 37.4 Å². The fourth-order valence-electron chi connectivity index (χ4n) is 5.22. The Labute approximate surface area is 244 Å². The van der Waals surface area contributed by atoms with E-state index in [1.54, 1.807) is 47.7 Å². The van der Waals surface area contributed by atoms with E-state index in [-0.39, 0.29) is 34.5 Å². The lowest BCUT2D eigenvalue weighted by atomic mass is 9.95. The maximum atomic E-state index is 13.3. The summed E-state index contributed by atoms with van der Waals surface area (Å²) in [6.07, 6.45) is 3.74. The molecule has 1 aliphatic rings. The molecule has 0 spiro atoms. The Kier molecular flexibility index (Phi) is 7.11. The van der Waals surface area contributed by atoms with Gasteiger partial charge in [-0.05, 0) is 65.6 Å². The zero-order valence-electron chi connectivity index (χ0n) is 21.6. The summed E-state index contributed by atoms with van der Waals surface area (Å²) in [6, 6.07) is 16.7. The fraction of sp³-hybridized carbons (Fsp3) is 0.161. The average molecular weight is 588 g/mol. The number of carbonyl (C=O) groups is 3. The van der Waals surface area contributed by atoms with Gasteiger partial charge in [0.05, 0.1) is 27.4 Å². The van der Waals surface area contributed by atoms with Crippen LogP contribution in [-0.2, 0) is 24.2 Å². The molecule has 1 unspecified atom stereocenters. The molecule has 2 aromatic heterocycles. The maximum Gasteiger partial charge on any atom is 0.326 e. The molecule has 0 aliphatic carbocycles. The number of carboxylic acids is 1. The second kappa shape index (κ2) is 10.9. The lowest BCUT2D eigenvalue weighted by molar-refractivity contribution is -0.139. The van der Waals surface area contributed by atoms with E-state index in [9.17, 15) is 19.5 Å². The first-order valence-corrected chi connectivity index (χ1v) is 13.7. The van der Waals surface area contributed by atoms with Gasteiger partial charge in [0.1, 0.15) is 11.6 Å². The number of nitrogens with one attached hydrogen (secondary N) is 1. The molecule has 0 radical (unpaired) electrons. The van der Waals surface area contributed by atoms with Gasteiger partial charge in [-0.15, -0.1) is 0 Å². The van der Waals surface area contributed by atoms with Gasteiger partial charge in [0.15, 0.2) is 0 Å². The van der Waals surface area contributed by atoms with E-state index in [1.807, 2.05) is 30.3 Å². The van der Waals surface area contributed by atoms with Crippen molar-refractivity contribution in [1.29, 1.82) is 0 Å².